The summed E-state index contributed by atoms with van der Waals surface area (Å²) in [5.41, 5.74) is 8.32. The Bertz CT molecular complexity index is 486. The van der Waals surface area contributed by atoms with Gasteiger partial charge >= 0.3 is 0 Å². The molecule has 0 unspecified atom stereocenters. The largest absolute Gasteiger partial charge is 0.409 e. The fourth-order valence-corrected chi connectivity index (χ4v) is 2.19. The van der Waals surface area contributed by atoms with E-state index >= 15 is 0 Å². The number of aromatic nitrogens is 1. The normalized spacial score (nSPS) is 12.0. The van der Waals surface area contributed by atoms with Gasteiger partial charge in [-0.15, -0.1) is 0 Å². The first kappa shape index (κ1) is 16.2. The Labute approximate surface area is 120 Å². The summed E-state index contributed by atoms with van der Waals surface area (Å²) in [5, 5.41) is 12.1. The molecule has 0 aliphatic rings. The average Bonchev–Trinajstić information content (AvgIpc) is 2.37. The molecule has 0 fully saturated rings. The van der Waals surface area contributed by atoms with Gasteiger partial charge in [0.2, 0.25) is 0 Å². The van der Waals surface area contributed by atoms with Crippen LogP contribution >= 0.6 is 0 Å². The summed E-state index contributed by atoms with van der Waals surface area (Å²) in [6.07, 6.45) is 0. The lowest BCUT2D eigenvalue weighted by Gasteiger charge is -2.30. The van der Waals surface area contributed by atoms with Crippen LogP contribution in [-0.2, 0) is 4.74 Å². The Morgan fingerprint density at radius 1 is 1.50 bits per heavy atom. The second-order valence-electron chi connectivity index (χ2n) is 5.04. The molecule has 3 N–H and O–H groups in total. The number of nitrogens with zero attached hydrogens (tertiary/aromatic N) is 3. The zero-order chi connectivity index (χ0) is 15.3. The predicted molar refractivity (Wildman–Crippen MR) is 80.6 cm³/mol. The van der Waals surface area contributed by atoms with E-state index in [-0.39, 0.29) is 11.9 Å². The molecule has 0 aliphatic carbocycles. The number of oxime groups is 1. The zero-order valence-electron chi connectivity index (χ0n) is 12.8. The lowest BCUT2D eigenvalue weighted by Crippen LogP contribution is -2.37. The summed E-state index contributed by atoms with van der Waals surface area (Å²) in [4.78, 5) is 6.67. The van der Waals surface area contributed by atoms with E-state index in [4.69, 9.17) is 15.7 Å². The third-order valence-corrected chi connectivity index (χ3v) is 3.12. The second-order valence-corrected chi connectivity index (χ2v) is 5.04. The van der Waals surface area contributed by atoms with Crippen molar-refractivity contribution in [1.29, 1.82) is 0 Å². The number of nitrogens with two attached hydrogens (primary N) is 1. The first-order valence-electron chi connectivity index (χ1n) is 6.64. The van der Waals surface area contributed by atoms with E-state index < -0.39 is 0 Å². The molecule has 1 heterocycles. The van der Waals surface area contributed by atoms with Gasteiger partial charge in [0.25, 0.3) is 0 Å². The number of methoxy groups -OCH3 is 1. The van der Waals surface area contributed by atoms with E-state index in [9.17, 15) is 0 Å². The van der Waals surface area contributed by atoms with Crippen LogP contribution in [0.1, 0.15) is 30.7 Å². The van der Waals surface area contributed by atoms with E-state index in [0.29, 0.717) is 18.7 Å². The first-order chi connectivity index (χ1) is 9.42. The van der Waals surface area contributed by atoms with E-state index in [2.05, 4.69) is 28.9 Å². The van der Waals surface area contributed by atoms with Crippen LogP contribution in [0.3, 0.4) is 0 Å². The van der Waals surface area contributed by atoms with Crippen LogP contribution in [-0.4, -0.2) is 42.3 Å². The van der Waals surface area contributed by atoms with Crippen molar-refractivity contribution in [2.45, 2.75) is 33.7 Å². The van der Waals surface area contributed by atoms with Gasteiger partial charge in [-0.1, -0.05) is 5.16 Å². The summed E-state index contributed by atoms with van der Waals surface area (Å²) in [7, 11) is 1.66. The minimum Gasteiger partial charge on any atom is -0.409 e. The molecule has 1 aromatic heterocycles. The molecule has 0 saturated carbocycles. The number of anilines is 1. The smallest absolute Gasteiger partial charge is 0.174 e. The zero-order valence-corrected chi connectivity index (χ0v) is 12.8. The van der Waals surface area contributed by atoms with Crippen LogP contribution in [0.15, 0.2) is 11.2 Å². The highest BCUT2D eigenvalue weighted by atomic mass is 16.5. The van der Waals surface area contributed by atoms with E-state index in [1.807, 2.05) is 19.9 Å². The summed E-state index contributed by atoms with van der Waals surface area (Å²) in [6, 6.07) is 2.15. The fourth-order valence-electron chi connectivity index (χ4n) is 2.19. The number of ether oxygens (including phenoxy) is 1. The second kappa shape index (κ2) is 7.09. The number of hydrogen-bond acceptors (Lipinski definition) is 5. The Kier molecular flexibility index (Phi) is 5.76. The molecule has 112 valence electrons. The van der Waals surface area contributed by atoms with Gasteiger partial charge in [0, 0.05) is 25.4 Å². The lowest BCUT2D eigenvalue weighted by atomic mass is 10.1. The highest BCUT2D eigenvalue weighted by Crippen LogP contribution is 2.24. The molecular weight excluding hydrogens is 256 g/mol. The highest BCUT2D eigenvalue weighted by molar-refractivity contribution is 6.02. The molecule has 0 spiro atoms. The predicted octanol–water partition coefficient (Wildman–Crippen LogP) is 1.65. The van der Waals surface area contributed by atoms with Crippen LogP contribution in [0.4, 0.5) is 5.82 Å². The first-order valence-corrected chi connectivity index (χ1v) is 6.64. The van der Waals surface area contributed by atoms with E-state index in [1.165, 1.54) is 0 Å². The summed E-state index contributed by atoms with van der Waals surface area (Å²) in [6.45, 7) is 9.29. The Hall–Kier alpha value is -1.82. The molecule has 0 aromatic carbocycles. The number of hydrogen-bond donors (Lipinski definition) is 2. The van der Waals surface area contributed by atoms with Crippen molar-refractivity contribution in [2.24, 2.45) is 10.9 Å². The van der Waals surface area contributed by atoms with Gasteiger partial charge in [-0.05, 0) is 39.3 Å². The Morgan fingerprint density at radius 2 is 2.15 bits per heavy atom. The van der Waals surface area contributed by atoms with E-state index in [1.54, 1.807) is 7.11 Å². The number of pyridine rings is 1. The SMILES string of the molecule is COCCN(c1nc(C)cc(C)c1/C(N)=N/O)C(C)C. The topological polar surface area (TPSA) is 84.0 Å². The molecule has 0 atom stereocenters. The van der Waals surface area contributed by atoms with Gasteiger partial charge in [-0.3, -0.25) is 0 Å². The molecule has 6 nitrogen and oxygen atoms in total. The van der Waals surface area contributed by atoms with Crippen LogP contribution in [0.5, 0.6) is 0 Å². The highest BCUT2D eigenvalue weighted by Gasteiger charge is 2.20. The summed E-state index contributed by atoms with van der Waals surface area (Å²) in [5.74, 6) is 0.804. The number of rotatable bonds is 6. The van der Waals surface area contributed by atoms with Crippen molar-refractivity contribution in [3.05, 3.63) is 22.9 Å². The molecule has 1 aromatic rings. The van der Waals surface area contributed by atoms with Crippen molar-refractivity contribution >= 4 is 11.7 Å². The van der Waals surface area contributed by atoms with Gasteiger partial charge in [-0.25, -0.2) is 4.98 Å². The van der Waals surface area contributed by atoms with Gasteiger partial charge in [0.15, 0.2) is 5.84 Å². The maximum Gasteiger partial charge on any atom is 0.174 e. The van der Waals surface area contributed by atoms with Crippen molar-refractivity contribution in [3.63, 3.8) is 0 Å². The third kappa shape index (κ3) is 3.60. The van der Waals surface area contributed by atoms with Gasteiger partial charge in [0.1, 0.15) is 5.82 Å². The van der Waals surface area contributed by atoms with Crippen molar-refractivity contribution in [1.82, 2.24) is 4.98 Å². The molecule has 6 heteroatoms. The molecule has 0 amide bonds. The molecular formula is C14H24N4O2. The number of amidine groups is 1. The minimum absolute atomic E-state index is 0.0769. The van der Waals surface area contributed by atoms with Gasteiger partial charge in [-0.2, -0.15) is 0 Å². The van der Waals surface area contributed by atoms with Crippen LogP contribution < -0.4 is 10.6 Å². The van der Waals surface area contributed by atoms with Crippen LogP contribution in [0, 0.1) is 13.8 Å². The Morgan fingerprint density at radius 3 is 2.65 bits per heavy atom. The van der Waals surface area contributed by atoms with E-state index in [0.717, 1.165) is 17.1 Å². The Balaban J connectivity index is 3.38. The molecule has 20 heavy (non-hydrogen) atoms. The maximum absolute atomic E-state index is 8.99. The quantitative estimate of drug-likeness (QED) is 0.358. The van der Waals surface area contributed by atoms with Crippen molar-refractivity contribution < 1.29 is 9.94 Å². The van der Waals surface area contributed by atoms with Crippen molar-refractivity contribution in [3.8, 4) is 0 Å². The molecule has 0 bridgehead atoms. The molecule has 1 rings (SSSR count). The minimum atomic E-state index is 0.0769. The molecule has 0 aliphatic heterocycles. The third-order valence-electron chi connectivity index (χ3n) is 3.12. The molecule has 0 saturated heterocycles. The van der Waals surface area contributed by atoms with Gasteiger partial charge < -0.3 is 20.6 Å². The summed E-state index contributed by atoms with van der Waals surface area (Å²) >= 11 is 0. The average molecular weight is 280 g/mol. The monoisotopic (exact) mass is 280 g/mol. The lowest BCUT2D eigenvalue weighted by molar-refractivity contribution is 0.203. The number of aryl methyl sites for hydroxylation is 2. The van der Waals surface area contributed by atoms with Crippen LogP contribution in [0.25, 0.3) is 0 Å². The van der Waals surface area contributed by atoms with Crippen molar-refractivity contribution in [2.75, 3.05) is 25.2 Å². The summed E-state index contributed by atoms with van der Waals surface area (Å²) < 4.78 is 5.15. The standard InChI is InChI=1S/C14H24N4O2/c1-9(2)18(6-7-20-5)14-12(13(15)17-19)10(3)8-11(4)16-14/h8-9,19H,6-7H2,1-5H3,(H2,15,17). The molecule has 0 radical (unpaired) electrons. The van der Waals surface area contributed by atoms with Crippen LogP contribution in [0.2, 0.25) is 0 Å². The maximum atomic E-state index is 8.99. The van der Waals surface area contributed by atoms with Gasteiger partial charge in [0.05, 0.1) is 12.2 Å². The fraction of sp³-hybridized carbons (Fsp3) is 0.571.